The average Bonchev–Trinajstić information content (AvgIpc) is 2.85. The van der Waals surface area contributed by atoms with Crippen LogP contribution in [0.2, 0.25) is 0 Å². The van der Waals surface area contributed by atoms with E-state index in [9.17, 15) is 0 Å². The van der Waals surface area contributed by atoms with E-state index in [0.29, 0.717) is 12.6 Å². The van der Waals surface area contributed by atoms with Gasteiger partial charge in [0.25, 0.3) is 0 Å². The number of para-hydroxylation sites is 1. The smallest absolute Gasteiger partial charge is 0.170 e. The SMILES string of the molecule is COc1ccccc1-c1cc(CNC(C)C)no1. The van der Waals surface area contributed by atoms with Gasteiger partial charge < -0.3 is 14.6 Å². The van der Waals surface area contributed by atoms with Crippen LogP contribution in [0.5, 0.6) is 5.75 Å². The Kier molecular flexibility index (Phi) is 3.99. The highest BCUT2D eigenvalue weighted by molar-refractivity contribution is 5.65. The molecule has 0 spiro atoms. The van der Waals surface area contributed by atoms with E-state index in [4.69, 9.17) is 9.26 Å². The highest BCUT2D eigenvalue weighted by Crippen LogP contribution is 2.29. The highest BCUT2D eigenvalue weighted by Gasteiger charge is 2.11. The second-order valence-electron chi connectivity index (χ2n) is 4.42. The molecule has 0 aliphatic carbocycles. The number of ether oxygens (including phenoxy) is 1. The van der Waals surface area contributed by atoms with Crippen molar-refractivity contribution in [2.75, 3.05) is 7.11 Å². The zero-order chi connectivity index (χ0) is 13.0. The van der Waals surface area contributed by atoms with Crippen LogP contribution >= 0.6 is 0 Å². The summed E-state index contributed by atoms with van der Waals surface area (Å²) in [5.74, 6) is 1.52. The number of nitrogens with zero attached hydrogens (tertiary/aromatic N) is 1. The van der Waals surface area contributed by atoms with Crippen LogP contribution in [-0.2, 0) is 6.54 Å². The first kappa shape index (κ1) is 12.6. The first-order valence-corrected chi connectivity index (χ1v) is 6.03. The third-order valence-electron chi connectivity index (χ3n) is 2.62. The van der Waals surface area contributed by atoms with Gasteiger partial charge in [0, 0.05) is 18.7 Å². The molecule has 96 valence electrons. The summed E-state index contributed by atoms with van der Waals surface area (Å²) >= 11 is 0. The summed E-state index contributed by atoms with van der Waals surface area (Å²) in [5, 5.41) is 7.35. The molecule has 0 radical (unpaired) electrons. The Bertz CT molecular complexity index is 506. The van der Waals surface area contributed by atoms with Crippen LogP contribution in [-0.4, -0.2) is 18.3 Å². The molecule has 1 aromatic carbocycles. The second kappa shape index (κ2) is 5.69. The van der Waals surface area contributed by atoms with E-state index in [-0.39, 0.29) is 0 Å². The Morgan fingerprint density at radius 2 is 2.11 bits per heavy atom. The van der Waals surface area contributed by atoms with E-state index in [1.807, 2.05) is 30.3 Å². The largest absolute Gasteiger partial charge is 0.496 e. The zero-order valence-electron chi connectivity index (χ0n) is 10.9. The Hall–Kier alpha value is -1.81. The lowest BCUT2D eigenvalue weighted by Gasteiger charge is -2.04. The summed E-state index contributed by atoms with van der Waals surface area (Å²) in [7, 11) is 1.65. The van der Waals surface area contributed by atoms with Crippen molar-refractivity contribution >= 4 is 0 Å². The second-order valence-corrected chi connectivity index (χ2v) is 4.42. The monoisotopic (exact) mass is 246 g/mol. The van der Waals surface area contributed by atoms with E-state index >= 15 is 0 Å². The molecule has 2 rings (SSSR count). The minimum atomic E-state index is 0.427. The molecule has 0 aliphatic heterocycles. The predicted molar refractivity (Wildman–Crippen MR) is 70.5 cm³/mol. The van der Waals surface area contributed by atoms with Gasteiger partial charge in [-0.25, -0.2) is 0 Å². The summed E-state index contributed by atoms with van der Waals surface area (Å²) in [6.45, 7) is 4.90. The topological polar surface area (TPSA) is 47.3 Å². The lowest BCUT2D eigenvalue weighted by atomic mass is 10.1. The maximum Gasteiger partial charge on any atom is 0.170 e. The number of benzene rings is 1. The van der Waals surface area contributed by atoms with Crippen molar-refractivity contribution in [3.05, 3.63) is 36.0 Å². The number of rotatable bonds is 5. The number of nitrogens with one attached hydrogen (secondary N) is 1. The minimum Gasteiger partial charge on any atom is -0.496 e. The number of hydrogen-bond acceptors (Lipinski definition) is 4. The molecule has 0 saturated heterocycles. The van der Waals surface area contributed by atoms with Crippen LogP contribution in [0, 0.1) is 0 Å². The molecular formula is C14H18N2O2. The Labute approximate surface area is 107 Å². The number of hydrogen-bond donors (Lipinski definition) is 1. The van der Waals surface area contributed by atoms with Gasteiger partial charge in [0.05, 0.1) is 18.4 Å². The van der Waals surface area contributed by atoms with Crippen LogP contribution < -0.4 is 10.1 Å². The first-order valence-electron chi connectivity index (χ1n) is 6.03. The third kappa shape index (κ3) is 2.90. The van der Waals surface area contributed by atoms with E-state index < -0.39 is 0 Å². The van der Waals surface area contributed by atoms with Gasteiger partial charge in [-0.3, -0.25) is 0 Å². The van der Waals surface area contributed by atoms with Crippen molar-refractivity contribution in [3.63, 3.8) is 0 Å². The van der Waals surface area contributed by atoms with Gasteiger partial charge in [-0.1, -0.05) is 31.1 Å². The van der Waals surface area contributed by atoms with Gasteiger partial charge in [0.1, 0.15) is 5.75 Å². The fourth-order valence-electron chi connectivity index (χ4n) is 1.68. The molecular weight excluding hydrogens is 228 g/mol. The van der Waals surface area contributed by atoms with Gasteiger partial charge in [-0.05, 0) is 12.1 Å². The summed E-state index contributed by atoms with van der Waals surface area (Å²) in [5.41, 5.74) is 1.81. The van der Waals surface area contributed by atoms with E-state index in [1.54, 1.807) is 7.11 Å². The molecule has 4 nitrogen and oxygen atoms in total. The molecule has 0 fully saturated rings. The molecule has 0 aliphatic rings. The summed E-state index contributed by atoms with van der Waals surface area (Å²) in [6.07, 6.45) is 0. The van der Waals surface area contributed by atoms with Crippen LogP contribution in [0.1, 0.15) is 19.5 Å². The molecule has 4 heteroatoms. The molecule has 0 unspecified atom stereocenters. The fraction of sp³-hybridized carbons (Fsp3) is 0.357. The maximum atomic E-state index is 5.36. The van der Waals surface area contributed by atoms with Crippen molar-refractivity contribution in [3.8, 4) is 17.1 Å². The Balaban J connectivity index is 2.18. The van der Waals surface area contributed by atoms with Crippen LogP contribution in [0.4, 0.5) is 0 Å². The van der Waals surface area contributed by atoms with Crippen molar-refractivity contribution < 1.29 is 9.26 Å². The molecule has 0 saturated carbocycles. The van der Waals surface area contributed by atoms with Gasteiger partial charge in [0.15, 0.2) is 5.76 Å². The summed E-state index contributed by atoms with van der Waals surface area (Å²) in [4.78, 5) is 0. The van der Waals surface area contributed by atoms with Crippen molar-refractivity contribution in [1.82, 2.24) is 10.5 Å². The molecule has 18 heavy (non-hydrogen) atoms. The first-order chi connectivity index (χ1) is 8.70. The number of methoxy groups -OCH3 is 1. The van der Waals surface area contributed by atoms with Gasteiger partial charge >= 0.3 is 0 Å². The molecule has 0 atom stereocenters. The normalized spacial score (nSPS) is 10.9. The van der Waals surface area contributed by atoms with Crippen LogP contribution in [0.15, 0.2) is 34.9 Å². The number of aromatic nitrogens is 1. The summed E-state index contributed by atoms with van der Waals surface area (Å²) in [6, 6.07) is 10.1. The molecule has 0 bridgehead atoms. The molecule has 2 aromatic rings. The Morgan fingerprint density at radius 3 is 2.83 bits per heavy atom. The standard InChI is InChI=1S/C14H18N2O2/c1-10(2)15-9-11-8-14(18-16-11)12-6-4-5-7-13(12)17-3/h4-8,10,15H,9H2,1-3H3. The minimum absolute atomic E-state index is 0.427. The van der Waals surface area contributed by atoms with Crippen LogP contribution in [0.25, 0.3) is 11.3 Å². The quantitative estimate of drug-likeness (QED) is 0.881. The van der Waals surface area contributed by atoms with Crippen molar-refractivity contribution in [2.24, 2.45) is 0 Å². The van der Waals surface area contributed by atoms with E-state index in [0.717, 1.165) is 22.8 Å². The predicted octanol–water partition coefficient (Wildman–Crippen LogP) is 2.85. The van der Waals surface area contributed by atoms with E-state index in [2.05, 4.69) is 24.3 Å². The fourth-order valence-corrected chi connectivity index (χ4v) is 1.68. The van der Waals surface area contributed by atoms with Gasteiger partial charge in [-0.15, -0.1) is 0 Å². The Morgan fingerprint density at radius 1 is 1.33 bits per heavy atom. The van der Waals surface area contributed by atoms with Crippen molar-refractivity contribution in [2.45, 2.75) is 26.4 Å². The van der Waals surface area contributed by atoms with E-state index in [1.165, 1.54) is 0 Å². The summed E-state index contributed by atoms with van der Waals surface area (Å²) < 4.78 is 10.7. The average molecular weight is 246 g/mol. The maximum absolute atomic E-state index is 5.36. The zero-order valence-corrected chi connectivity index (χ0v) is 10.9. The van der Waals surface area contributed by atoms with Crippen LogP contribution in [0.3, 0.4) is 0 Å². The molecule has 1 N–H and O–H groups in total. The van der Waals surface area contributed by atoms with Gasteiger partial charge in [-0.2, -0.15) is 0 Å². The molecule has 1 aromatic heterocycles. The highest BCUT2D eigenvalue weighted by atomic mass is 16.5. The molecule has 0 amide bonds. The third-order valence-corrected chi connectivity index (χ3v) is 2.62. The van der Waals surface area contributed by atoms with Gasteiger partial charge in [0.2, 0.25) is 0 Å². The van der Waals surface area contributed by atoms with Crippen molar-refractivity contribution in [1.29, 1.82) is 0 Å². The lowest BCUT2D eigenvalue weighted by Crippen LogP contribution is -2.21. The lowest BCUT2D eigenvalue weighted by molar-refractivity contribution is 0.401. The molecule has 1 heterocycles.